The van der Waals surface area contributed by atoms with E-state index >= 15 is 0 Å². The maximum Gasteiger partial charge on any atom is 0.305 e. The van der Waals surface area contributed by atoms with E-state index in [2.05, 4.69) is 52.3 Å². The Bertz CT molecular complexity index is 340. The van der Waals surface area contributed by atoms with Gasteiger partial charge in [-0.2, -0.15) is 0 Å². The monoisotopic (exact) mass is 404 g/mol. The molecule has 0 saturated heterocycles. The maximum atomic E-state index is 11.6. The van der Waals surface area contributed by atoms with E-state index < -0.39 is 0 Å². The van der Waals surface area contributed by atoms with Gasteiger partial charge in [-0.15, -0.1) is 0 Å². The number of hydrogen-bond donors (Lipinski definition) is 0. The zero-order valence-electron chi connectivity index (χ0n) is 18.3. The van der Waals surface area contributed by atoms with Gasteiger partial charge in [-0.3, -0.25) is 4.79 Å². The Balaban J connectivity index is 3.44. The first-order valence-corrected chi connectivity index (χ1v) is 13.2. The second kappa shape index (κ2) is 16.2. The summed E-state index contributed by atoms with van der Waals surface area (Å²) in [6.07, 6.45) is 10.1. The van der Waals surface area contributed by atoms with E-state index in [1.54, 1.807) is 0 Å². The molecule has 0 bridgehead atoms. The van der Waals surface area contributed by atoms with Crippen molar-refractivity contribution < 1.29 is 9.53 Å². The van der Waals surface area contributed by atoms with Crippen molar-refractivity contribution in [2.24, 2.45) is 17.3 Å². The molecule has 156 valence electrons. The fourth-order valence-electron chi connectivity index (χ4n) is 2.92. The number of hydrogen-bond acceptors (Lipinski definition) is 4. The van der Waals surface area contributed by atoms with Gasteiger partial charge < -0.3 is 4.74 Å². The van der Waals surface area contributed by atoms with Gasteiger partial charge in [0.2, 0.25) is 0 Å². The Kier molecular flexibility index (Phi) is 16.3. The van der Waals surface area contributed by atoms with Crippen molar-refractivity contribution in [2.75, 3.05) is 18.1 Å². The molecule has 0 aromatic carbocycles. The second-order valence-electron chi connectivity index (χ2n) is 8.74. The number of esters is 1. The molecule has 2 nitrogen and oxygen atoms in total. The molecular weight excluding hydrogens is 360 g/mol. The first kappa shape index (κ1) is 26.2. The largest absolute Gasteiger partial charge is 0.466 e. The molecule has 0 fully saturated rings. The molecule has 0 aromatic rings. The third kappa shape index (κ3) is 16.4. The van der Waals surface area contributed by atoms with Crippen LogP contribution >= 0.6 is 21.6 Å². The van der Waals surface area contributed by atoms with Crippen LogP contribution in [0, 0.1) is 17.3 Å². The molecule has 26 heavy (non-hydrogen) atoms. The average molecular weight is 405 g/mol. The number of carbonyl (C=O) groups excluding carboxylic acids is 1. The van der Waals surface area contributed by atoms with Crippen LogP contribution in [0.5, 0.6) is 0 Å². The van der Waals surface area contributed by atoms with Gasteiger partial charge in [0.15, 0.2) is 0 Å². The lowest BCUT2D eigenvalue weighted by Crippen LogP contribution is -2.12. The van der Waals surface area contributed by atoms with Crippen molar-refractivity contribution in [2.45, 2.75) is 99.3 Å². The van der Waals surface area contributed by atoms with E-state index in [1.807, 2.05) is 10.8 Å². The third-order valence-electron chi connectivity index (χ3n) is 4.90. The van der Waals surface area contributed by atoms with Crippen LogP contribution in [0.2, 0.25) is 0 Å². The predicted molar refractivity (Wildman–Crippen MR) is 121 cm³/mol. The zero-order valence-corrected chi connectivity index (χ0v) is 19.9. The summed E-state index contributed by atoms with van der Waals surface area (Å²) >= 11 is 0. The molecule has 0 heterocycles. The highest BCUT2D eigenvalue weighted by molar-refractivity contribution is 8.76. The summed E-state index contributed by atoms with van der Waals surface area (Å²) in [5.74, 6) is 4.25. The van der Waals surface area contributed by atoms with Gasteiger partial charge in [-0.1, -0.05) is 95.2 Å². The molecule has 0 amide bonds. The average Bonchev–Trinajstić information content (AvgIpc) is 2.57. The minimum absolute atomic E-state index is 0.0327. The summed E-state index contributed by atoms with van der Waals surface area (Å²) in [4.78, 5) is 11.6. The highest BCUT2D eigenvalue weighted by Gasteiger charge is 2.15. The van der Waals surface area contributed by atoms with E-state index in [0.717, 1.165) is 24.7 Å². The molecule has 0 rings (SSSR count). The highest BCUT2D eigenvalue weighted by Crippen LogP contribution is 2.31. The fourth-order valence-corrected chi connectivity index (χ4v) is 5.72. The van der Waals surface area contributed by atoms with Crippen LogP contribution in [0.4, 0.5) is 0 Å². The molecular formula is C22H44O2S2. The number of carbonyl (C=O) groups is 1. The molecule has 2 unspecified atom stereocenters. The van der Waals surface area contributed by atoms with Crippen molar-refractivity contribution in [3.8, 4) is 0 Å². The Hall–Kier alpha value is 0.170. The quantitative estimate of drug-likeness (QED) is 0.149. The van der Waals surface area contributed by atoms with Crippen molar-refractivity contribution in [3.05, 3.63) is 0 Å². The molecule has 0 aliphatic carbocycles. The van der Waals surface area contributed by atoms with Crippen LogP contribution in [0.15, 0.2) is 0 Å². The Morgan fingerprint density at radius 3 is 2.35 bits per heavy atom. The summed E-state index contributed by atoms with van der Waals surface area (Å²) < 4.78 is 5.32. The molecule has 0 radical (unpaired) electrons. The van der Waals surface area contributed by atoms with Crippen LogP contribution in [0.1, 0.15) is 99.3 Å². The van der Waals surface area contributed by atoms with Crippen molar-refractivity contribution >= 4 is 27.6 Å². The van der Waals surface area contributed by atoms with Gasteiger partial charge in [0, 0.05) is 17.9 Å². The first-order chi connectivity index (χ1) is 12.3. The first-order valence-electron chi connectivity index (χ1n) is 10.7. The predicted octanol–water partition coefficient (Wildman–Crippen LogP) is 7.76. The topological polar surface area (TPSA) is 26.3 Å². The van der Waals surface area contributed by atoms with Gasteiger partial charge >= 0.3 is 5.97 Å². The number of unbranched alkanes of at least 4 members (excludes halogenated alkanes) is 3. The minimum atomic E-state index is -0.0327. The zero-order chi connectivity index (χ0) is 19.8. The molecule has 4 heteroatoms. The normalized spacial score (nSPS) is 14.2. The molecule has 0 saturated carbocycles. The molecule has 0 aromatic heterocycles. The number of ether oxygens (including phenoxy) is 1. The third-order valence-corrected chi connectivity index (χ3v) is 7.50. The number of rotatable bonds is 16. The second-order valence-corrected chi connectivity index (χ2v) is 11.4. The minimum Gasteiger partial charge on any atom is -0.466 e. The van der Waals surface area contributed by atoms with E-state index in [4.69, 9.17) is 4.74 Å². The van der Waals surface area contributed by atoms with Crippen LogP contribution in [-0.2, 0) is 9.53 Å². The van der Waals surface area contributed by atoms with Crippen LogP contribution in [0.3, 0.4) is 0 Å². The summed E-state index contributed by atoms with van der Waals surface area (Å²) in [7, 11) is 4.11. The van der Waals surface area contributed by atoms with E-state index in [9.17, 15) is 4.79 Å². The summed E-state index contributed by atoms with van der Waals surface area (Å²) in [6, 6.07) is 0. The smallest absolute Gasteiger partial charge is 0.305 e. The lowest BCUT2D eigenvalue weighted by molar-refractivity contribution is -0.144. The van der Waals surface area contributed by atoms with E-state index in [0.29, 0.717) is 13.0 Å². The van der Waals surface area contributed by atoms with Gasteiger partial charge in [0.25, 0.3) is 0 Å². The van der Waals surface area contributed by atoms with Gasteiger partial charge in [-0.05, 0) is 36.5 Å². The van der Waals surface area contributed by atoms with Gasteiger partial charge in [0.05, 0.1) is 6.61 Å². The SMILES string of the molecule is CCCC(C)C(CC)CSSCCCCCCOC(=O)CCC(C)(C)C. The lowest BCUT2D eigenvalue weighted by Gasteiger charge is -2.21. The van der Waals surface area contributed by atoms with Crippen LogP contribution < -0.4 is 0 Å². The molecule has 2 atom stereocenters. The van der Waals surface area contributed by atoms with Crippen molar-refractivity contribution in [1.82, 2.24) is 0 Å². The van der Waals surface area contributed by atoms with E-state index in [1.165, 1.54) is 50.0 Å². The molecule has 0 aliphatic heterocycles. The van der Waals surface area contributed by atoms with Gasteiger partial charge in [0.1, 0.15) is 0 Å². The molecule has 0 aliphatic rings. The lowest BCUT2D eigenvalue weighted by atomic mass is 9.90. The van der Waals surface area contributed by atoms with Crippen LogP contribution in [0.25, 0.3) is 0 Å². The Morgan fingerprint density at radius 1 is 1.04 bits per heavy atom. The molecule has 0 N–H and O–H groups in total. The Labute approximate surface area is 171 Å². The van der Waals surface area contributed by atoms with Crippen LogP contribution in [-0.4, -0.2) is 24.1 Å². The Morgan fingerprint density at radius 2 is 1.73 bits per heavy atom. The van der Waals surface area contributed by atoms with Crippen molar-refractivity contribution in [3.63, 3.8) is 0 Å². The fraction of sp³-hybridized carbons (Fsp3) is 0.955. The summed E-state index contributed by atoms with van der Waals surface area (Å²) in [6.45, 7) is 14.1. The maximum absolute atomic E-state index is 11.6. The van der Waals surface area contributed by atoms with Gasteiger partial charge in [-0.25, -0.2) is 0 Å². The highest BCUT2D eigenvalue weighted by atomic mass is 33.1. The molecule has 0 spiro atoms. The standard InChI is InChI=1S/C22H44O2S2/c1-7-13-19(3)20(8-2)18-26-25-17-12-10-9-11-16-24-21(23)14-15-22(4,5)6/h19-20H,7-18H2,1-6H3. The summed E-state index contributed by atoms with van der Waals surface area (Å²) in [5.41, 5.74) is 0.208. The van der Waals surface area contributed by atoms with E-state index in [-0.39, 0.29) is 11.4 Å². The van der Waals surface area contributed by atoms with Crippen molar-refractivity contribution in [1.29, 1.82) is 0 Å². The summed E-state index contributed by atoms with van der Waals surface area (Å²) in [5, 5.41) is 0.